The van der Waals surface area contributed by atoms with E-state index < -0.39 is 10.0 Å². The Morgan fingerprint density at radius 3 is 2.52 bits per heavy atom. The number of hydrogen-bond donors (Lipinski definition) is 1. The fourth-order valence-electron chi connectivity index (χ4n) is 2.21. The van der Waals surface area contributed by atoms with Crippen LogP contribution in [0.15, 0.2) is 58.8 Å². The Balaban J connectivity index is 1.96. The van der Waals surface area contributed by atoms with Crippen LogP contribution in [0.1, 0.15) is 10.6 Å². The molecule has 0 radical (unpaired) electrons. The molecule has 2 aromatic carbocycles. The van der Waals surface area contributed by atoms with Crippen LogP contribution in [0, 0.1) is 13.8 Å². The molecule has 1 heterocycles. The molecule has 6 heteroatoms. The number of anilines is 1. The summed E-state index contributed by atoms with van der Waals surface area (Å²) in [6.07, 6.45) is 0. The molecule has 0 fully saturated rings. The summed E-state index contributed by atoms with van der Waals surface area (Å²) >= 11 is 1.54. The Morgan fingerprint density at radius 1 is 1.04 bits per heavy atom. The molecule has 1 N–H and O–H groups in total. The maximum atomic E-state index is 12.6. The summed E-state index contributed by atoms with van der Waals surface area (Å²) in [5.74, 6) is 0. The van der Waals surface area contributed by atoms with Gasteiger partial charge in [0.15, 0.2) is 0 Å². The largest absolute Gasteiger partial charge is 0.279 e. The minimum atomic E-state index is -3.63. The van der Waals surface area contributed by atoms with Crippen molar-refractivity contribution >= 4 is 27.0 Å². The van der Waals surface area contributed by atoms with E-state index in [-0.39, 0.29) is 4.90 Å². The van der Waals surface area contributed by atoms with E-state index >= 15 is 0 Å². The van der Waals surface area contributed by atoms with Crippen molar-refractivity contribution in [1.29, 1.82) is 0 Å². The van der Waals surface area contributed by atoms with Gasteiger partial charge in [0.1, 0.15) is 0 Å². The first kappa shape index (κ1) is 15.7. The van der Waals surface area contributed by atoms with Gasteiger partial charge in [-0.2, -0.15) is 0 Å². The van der Waals surface area contributed by atoms with Crippen molar-refractivity contribution in [1.82, 2.24) is 4.98 Å². The van der Waals surface area contributed by atoms with Gasteiger partial charge in [-0.1, -0.05) is 30.3 Å². The zero-order valence-electron chi connectivity index (χ0n) is 12.8. The lowest BCUT2D eigenvalue weighted by Gasteiger charge is -2.11. The van der Waals surface area contributed by atoms with E-state index in [9.17, 15) is 8.42 Å². The van der Waals surface area contributed by atoms with Gasteiger partial charge in [0.05, 0.1) is 21.3 Å². The van der Waals surface area contributed by atoms with Gasteiger partial charge in [0.2, 0.25) is 0 Å². The quantitative estimate of drug-likeness (QED) is 0.770. The summed E-state index contributed by atoms with van der Waals surface area (Å²) in [6.45, 7) is 3.79. The SMILES string of the molecule is Cc1nc(-c2cccc(S(=O)(=O)Nc3ccccc3C)c2)cs1. The number of para-hydroxylation sites is 1. The predicted octanol–water partition coefficient (Wildman–Crippen LogP) is 4.23. The van der Waals surface area contributed by atoms with Crippen LogP contribution in [-0.2, 0) is 10.0 Å². The number of sulfonamides is 1. The summed E-state index contributed by atoms with van der Waals surface area (Å²) in [7, 11) is -3.63. The minimum Gasteiger partial charge on any atom is -0.279 e. The molecule has 0 atom stereocenters. The maximum absolute atomic E-state index is 12.6. The number of nitrogens with one attached hydrogen (secondary N) is 1. The average molecular weight is 344 g/mol. The number of aromatic nitrogens is 1. The highest BCUT2D eigenvalue weighted by atomic mass is 32.2. The molecule has 0 aliphatic rings. The van der Waals surface area contributed by atoms with Gasteiger partial charge in [-0.15, -0.1) is 11.3 Å². The summed E-state index contributed by atoms with van der Waals surface area (Å²) < 4.78 is 27.9. The van der Waals surface area contributed by atoms with Crippen LogP contribution in [0.25, 0.3) is 11.3 Å². The predicted molar refractivity (Wildman–Crippen MR) is 94.3 cm³/mol. The van der Waals surface area contributed by atoms with Crippen molar-refractivity contribution in [2.24, 2.45) is 0 Å². The van der Waals surface area contributed by atoms with E-state index in [0.29, 0.717) is 5.69 Å². The van der Waals surface area contributed by atoms with Crippen molar-refractivity contribution in [2.75, 3.05) is 4.72 Å². The highest BCUT2D eigenvalue weighted by molar-refractivity contribution is 7.92. The number of nitrogens with zero attached hydrogens (tertiary/aromatic N) is 1. The molecule has 0 bridgehead atoms. The van der Waals surface area contributed by atoms with Crippen LogP contribution in [0.3, 0.4) is 0 Å². The number of rotatable bonds is 4. The molecule has 1 aromatic heterocycles. The lowest BCUT2D eigenvalue weighted by Crippen LogP contribution is -2.13. The zero-order chi connectivity index (χ0) is 16.4. The van der Waals surface area contributed by atoms with Crippen LogP contribution in [0.5, 0.6) is 0 Å². The standard InChI is InChI=1S/C17H16N2O2S2/c1-12-6-3-4-9-16(12)19-23(20,21)15-8-5-7-14(10-15)17-11-22-13(2)18-17/h3-11,19H,1-2H3. The molecular formula is C17H16N2O2S2. The van der Waals surface area contributed by atoms with Gasteiger partial charge in [0.25, 0.3) is 10.0 Å². The van der Waals surface area contributed by atoms with E-state index in [1.54, 1.807) is 41.7 Å². The van der Waals surface area contributed by atoms with Gasteiger partial charge in [-0.25, -0.2) is 13.4 Å². The first-order chi connectivity index (χ1) is 11.0. The molecule has 0 spiro atoms. The molecular weight excluding hydrogens is 328 g/mol. The highest BCUT2D eigenvalue weighted by Gasteiger charge is 2.16. The molecule has 118 valence electrons. The summed E-state index contributed by atoms with van der Waals surface area (Å²) in [6, 6.07) is 14.1. The molecule has 0 saturated heterocycles. The minimum absolute atomic E-state index is 0.226. The number of aryl methyl sites for hydroxylation is 2. The van der Waals surface area contributed by atoms with Crippen molar-refractivity contribution < 1.29 is 8.42 Å². The topological polar surface area (TPSA) is 59.1 Å². The van der Waals surface area contributed by atoms with Gasteiger partial charge >= 0.3 is 0 Å². The normalized spacial score (nSPS) is 11.4. The first-order valence-corrected chi connectivity index (χ1v) is 9.43. The highest BCUT2D eigenvalue weighted by Crippen LogP contribution is 2.25. The number of thiazole rings is 1. The second-order valence-corrected chi connectivity index (χ2v) is 7.94. The zero-order valence-corrected chi connectivity index (χ0v) is 14.4. The Hall–Kier alpha value is -2.18. The summed E-state index contributed by atoms with van der Waals surface area (Å²) in [5, 5.41) is 2.88. The van der Waals surface area contributed by atoms with Crippen LogP contribution in [-0.4, -0.2) is 13.4 Å². The van der Waals surface area contributed by atoms with Crippen molar-refractivity contribution in [3.63, 3.8) is 0 Å². The first-order valence-electron chi connectivity index (χ1n) is 7.07. The molecule has 3 rings (SSSR count). The Labute approximate surface area is 139 Å². The molecule has 0 aliphatic carbocycles. The molecule has 4 nitrogen and oxygen atoms in total. The monoisotopic (exact) mass is 344 g/mol. The summed E-state index contributed by atoms with van der Waals surface area (Å²) in [4.78, 5) is 4.63. The Kier molecular flexibility index (Phi) is 4.19. The molecule has 3 aromatic rings. The number of benzene rings is 2. The van der Waals surface area contributed by atoms with Crippen LogP contribution in [0.4, 0.5) is 5.69 Å². The van der Waals surface area contributed by atoms with Crippen LogP contribution < -0.4 is 4.72 Å². The average Bonchev–Trinajstić information content (AvgIpc) is 2.96. The second kappa shape index (κ2) is 6.14. The maximum Gasteiger partial charge on any atom is 0.261 e. The van der Waals surface area contributed by atoms with Gasteiger partial charge in [0, 0.05) is 10.9 Å². The van der Waals surface area contributed by atoms with Crippen LogP contribution >= 0.6 is 11.3 Å². The third-order valence-corrected chi connectivity index (χ3v) is 5.59. The van der Waals surface area contributed by atoms with Crippen LogP contribution in [0.2, 0.25) is 0 Å². The smallest absolute Gasteiger partial charge is 0.261 e. The number of hydrogen-bond acceptors (Lipinski definition) is 4. The third kappa shape index (κ3) is 3.43. The fourth-order valence-corrected chi connectivity index (χ4v) is 4.01. The molecule has 0 saturated carbocycles. The van der Waals surface area contributed by atoms with E-state index in [4.69, 9.17) is 0 Å². The lowest BCUT2D eigenvalue weighted by molar-refractivity contribution is 0.601. The third-order valence-electron chi connectivity index (χ3n) is 3.45. The lowest BCUT2D eigenvalue weighted by atomic mass is 10.2. The van der Waals surface area contributed by atoms with E-state index in [1.807, 2.05) is 37.4 Å². The molecule has 0 unspecified atom stereocenters. The van der Waals surface area contributed by atoms with Gasteiger partial charge in [-0.05, 0) is 37.6 Å². The van der Waals surface area contributed by atoms with Crippen molar-refractivity contribution in [3.05, 3.63) is 64.5 Å². The van der Waals surface area contributed by atoms with E-state index in [1.165, 1.54) is 0 Å². The Bertz CT molecular complexity index is 946. The Morgan fingerprint density at radius 2 is 1.83 bits per heavy atom. The van der Waals surface area contributed by atoms with Crippen molar-refractivity contribution in [2.45, 2.75) is 18.7 Å². The second-order valence-electron chi connectivity index (χ2n) is 5.20. The molecule has 23 heavy (non-hydrogen) atoms. The summed E-state index contributed by atoms with van der Waals surface area (Å²) in [5.41, 5.74) is 3.05. The van der Waals surface area contributed by atoms with E-state index in [0.717, 1.165) is 21.8 Å². The van der Waals surface area contributed by atoms with E-state index in [2.05, 4.69) is 9.71 Å². The fraction of sp³-hybridized carbons (Fsp3) is 0.118. The van der Waals surface area contributed by atoms with Gasteiger partial charge < -0.3 is 0 Å². The molecule has 0 aliphatic heterocycles. The van der Waals surface area contributed by atoms with Crippen molar-refractivity contribution in [3.8, 4) is 11.3 Å². The van der Waals surface area contributed by atoms with Gasteiger partial charge in [-0.3, -0.25) is 4.72 Å². The molecule has 0 amide bonds.